The number of aromatic nitrogens is 2. The predicted molar refractivity (Wildman–Crippen MR) is 160 cm³/mol. The van der Waals surface area contributed by atoms with Gasteiger partial charge in [-0.15, -0.1) is 0 Å². The van der Waals surface area contributed by atoms with Gasteiger partial charge in [-0.3, -0.25) is 9.36 Å². The summed E-state index contributed by atoms with van der Waals surface area (Å²) in [5.41, 5.74) is 7.16. The summed E-state index contributed by atoms with van der Waals surface area (Å²) in [5, 5.41) is 4.68. The minimum Gasteiger partial charge on any atom is -0.484 e. The summed E-state index contributed by atoms with van der Waals surface area (Å²) in [6.45, 7) is 8.17. The van der Waals surface area contributed by atoms with Gasteiger partial charge < -0.3 is 20.7 Å². The van der Waals surface area contributed by atoms with Crippen LogP contribution >= 0.6 is 23.2 Å². The molecule has 1 aromatic heterocycles. The normalized spacial score (nSPS) is 19.9. The molecule has 2 atom stereocenters. The molecule has 1 aliphatic heterocycles. The Kier molecular flexibility index (Phi) is 10.1. The Morgan fingerprint density at radius 1 is 1.10 bits per heavy atom. The molecule has 2 aliphatic rings. The lowest BCUT2D eigenvalue weighted by Crippen LogP contribution is -2.49. The lowest BCUT2D eigenvalue weighted by Gasteiger charge is -2.28. The Hall–Kier alpha value is -2.81. The van der Waals surface area contributed by atoms with Gasteiger partial charge in [0, 0.05) is 38.2 Å². The van der Waals surface area contributed by atoms with E-state index < -0.39 is 0 Å². The van der Waals surface area contributed by atoms with E-state index in [0.29, 0.717) is 44.2 Å². The quantitative estimate of drug-likeness (QED) is 0.316. The number of benzene rings is 2. The molecule has 0 amide bonds. The van der Waals surface area contributed by atoms with Crippen molar-refractivity contribution < 1.29 is 4.74 Å². The van der Waals surface area contributed by atoms with Crippen molar-refractivity contribution in [3.8, 4) is 5.75 Å². The zero-order valence-electron chi connectivity index (χ0n) is 22.9. The standard InChI is InChI=1S/C21H22Cl2N6O2.C8H16/c1-28-19(12-31-18-5-2-13(22)10-16(18)23)27-17-11-14(3-4-15(17)20(28)30)26-21(24)29-8-6-25-7-9-29;1-7-5-3-4-6-8(7)2/h2-5,10-11,25H,6-9,12H2,1H3,(H2,24,26);7-8H,3-6H2,1-2H3/t;7-,8?/m.1/s1. The van der Waals surface area contributed by atoms with Crippen molar-refractivity contribution in [3.63, 3.8) is 0 Å². The molecule has 2 aromatic carbocycles. The van der Waals surface area contributed by atoms with E-state index >= 15 is 0 Å². The highest BCUT2D eigenvalue weighted by Crippen LogP contribution is 2.29. The summed E-state index contributed by atoms with van der Waals surface area (Å²) in [5.74, 6) is 3.38. The number of aliphatic imine (C=N–C) groups is 1. The van der Waals surface area contributed by atoms with Gasteiger partial charge in [0.2, 0.25) is 0 Å². The van der Waals surface area contributed by atoms with Crippen LogP contribution in [0.25, 0.3) is 10.9 Å². The molecule has 10 heteroatoms. The maximum atomic E-state index is 12.8. The Labute approximate surface area is 240 Å². The zero-order valence-corrected chi connectivity index (χ0v) is 24.4. The van der Waals surface area contributed by atoms with Crippen molar-refractivity contribution >= 4 is 45.8 Å². The van der Waals surface area contributed by atoms with Crippen LogP contribution in [-0.4, -0.2) is 46.6 Å². The van der Waals surface area contributed by atoms with Crippen LogP contribution in [-0.2, 0) is 13.7 Å². The van der Waals surface area contributed by atoms with Gasteiger partial charge in [0.15, 0.2) is 5.96 Å². The number of hydrogen-bond donors (Lipinski definition) is 2. The molecule has 1 aliphatic carbocycles. The van der Waals surface area contributed by atoms with Gasteiger partial charge in [-0.05, 0) is 48.2 Å². The highest BCUT2D eigenvalue weighted by atomic mass is 35.5. The van der Waals surface area contributed by atoms with Crippen LogP contribution in [0.4, 0.5) is 5.69 Å². The average Bonchev–Trinajstić information content (AvgIpc) is 2.93. The Bertz CT molecular complexity index is 1360. The molecule has 0 bridgehead atoms. The van der Waals surface area contributed by atoms with E-state index in [1.807, 2.05) is 4.90 Å². The van der Waals surface area contributed by atoms with Crippen LogP contribution in [0.15, 0.2) is 46.2 Å². The Balaban J connectivity index is 0.000000379. The lowest BCUT2D eigenvalue weighted by atomic mass is 9.82. The molecule has 210 valence electrons. The van der Waals surface area contributed by atoms with Crippen molar-refractivity contribution in [1.29, 1.82) is 0 Å². The zero-order chi connectivity index (χ0) is 27.9. The molecular weight excluding hydrogens is 535 g/mol. The third-order valence-corrected chi connectivity index (χ3v) is 8.16. The largest absolute Gasteiger partial charge is 0.484 e. The van der Waals surface area contributed by atoms with Gasteiger partial charge in [0.25, 0.3) is 5.56 Å². The van der Waals surface area contributed by atoms with Gasteiger partial charge in [0.1, 0.15) is 18.2 Å². The number of ether oxygens (including phenoxy) is 1. The van der Waals surface area contributed by atoms with E-state index in [2.05, 4.69) is 29.1 Å². The third kappa shape index (κ3) is 7.65. The van der Waals surface area contributed by atoms with Crippen LogP contribution in [0, 0.1) is 11.8 Å². The summed E-state index contributed by atoms with van der Waals surface area (Å²) in [6.07, 6.45) is 5.90. The van der Waals surface area contributed by atoms with Crippen LogP contribution in [0.3, 0.4) is 0 Å². The summed E-state index contributed by atoms with van der Waals surface area (Å²) in [7, 11) is 1.66. The molecule has 1 saturated carbocycles. The molecule has 39 heavy (non-hydrogen) atoms. The molecule has 3 aromatic rings. The van der Waals surface area contributed by atoms with Crippen LogP contribution in [0.2, 0.25) is 10.0 Å². The summed E-state index contributed by atoms with van der Waals surface area (Å²) in [4.78, 5) is 23.9. The predicted octanol–water partition coefficient (Wildman–Crippen LogP) is 5.50. The first-order valence-electron chi connectivity index (χ1n) is 13.6. The maximum absolute atomic E-state index is 12.8. The van der Waals surface area contributed by atoms with Crippen molar-refractivity contribution in [2.45, 2.75) is 46.1 Å². The van der Waals surface area contributed by atoms with Crippen molar-refractivity contribution in [2.75, 3.05) is 26.2 Å². The van der Waals surface area contributed by atoms with Gasteiger partial charge >= 0.3 is 0 Å². The smallest absolute Gasteiger partial charge is 0.261 e. The fourth-order valence-electron chi connectivity index (χ4n) is 4.84. The average molecular weight is 574 g/mol. The van der Waals surface area contributed by atoms with Crippen molar-refractivity contribution in [3.05, 3.63) is 62.6 Å². The molecule has 2 fully saturated rings. The third-order valence-electron chi connectivity index (χ3n) is 7.63. The second-order valence-electron chi connectivity index (χ2n) is 10.4. The van der Waals surface area contributed by atoms with E-state index in [1.165, 1.54) is 30.3 Å². The number of hydrogen-bond acceptors (Lipinski definition) is 5. The number of nitrogens with one attached hydrogen (secondary N) is 1. The summed E-state index contributed by atoms with van der Waals surface area (Å²) >= 11 is 12.1. The number of nitrogens with zero attached hydrogens (tertiary/aromatic N) is 4. The molecule has 8 nitrogen and oxygen atoms in total. The highest BCUT2D eigenvalue weighted by molar-refractivity contribution is 6.35. The van der Waals surface area contributed by atoms with Gasteiger partial charge in [-0.1, -0.05) is 62.7 Å². The first kappa shape index (κ1) is 29.2. The summed E-state index contributed by atoms with van der Waals surface area (Å²) in [6, 6.07) is 10.2. The molecular formula is C29H38Cl2N6O2. The van der Waals surface area contributed by atoms with E-state index in [4.69, 9.17) is 33.7 Å². The number of nitrogens with two attached hydrogens (primary N) is 1. The molecule has 1 saturated heterocycles. The topological polar surface area (TPSA) is 97.8 Å². The molecule has 3 N–H and O–H groups in total. The van der Waals surface area contributed by atoms with Gasteiger partial charge in [0.05, 0.1) is 21.6 Å². The fourth-order valence-corrected chi connectivity index (χ4v) is 5.30. The second-order valence-corrected chi connectivity index (χ2v) is 11.2. The first-order chi connectivity index (χ1) is 18.7. The van der Waals surface area contributed by atoms with E-state index in [0.717, 1.165) is 38.0 Å². The minimum absolute atomic E-state index is 0.0689. The SMILES string of the molecule is CC1CCCC[C@H]1C.Cn1c(COc2ccc(Cl)cc2Cl)nc2cc(N=C(N)N3CCNCC3)ccc2c1=O. The Morgan fingerprint density at radius 3 is 2.44 bits per heavy atom. The van der Waals surface area contributed by atoms with Crippen molar-refractivity contribution in [2.24, 2.45) is 29.6 Å². The molecule has 0 spiro atoms. The van der Waals surface area contributed by atoms with E-state index in [9.17, 15) is 4.79 Å². The first-order valence-corrected chi connectivity index (χ1v) is 14.4. The van der Waals surface area contributed by atoms with Crippen LogP contribution < -0.4 is 21.3 Å². The number of piperazine rings is 1. The number of fused-ring (bicyclic) bond motifs is 1. The van der Waals surface area contributed by atoms with E-state index in [-0.39, 0.29) is 12.2 Å². The minimum atomic E-state index is -0.170. The van der Waals surface area contributed by atoms with E-state index in [1.54, 1.807) is 43.4 Å². The highest BCUT2D eigenvalue weighted by Gasteiger charge is 2.16. The molecule has 2 heterocycles. The Morgan fingerprint density at radius 2 is 1.79 bits per heavy atom. The molecule has 0 radical (unpaired) electrons. The van der Waals surface area contributed by atoms with Crippen LogP contribution in [0.1, 0.15) is 45.4 Å². The monoisotopic (exact) mass is 572 g/mol. The lowest BCUT2D eigenvalue weighted by molar-refractivity contribution is 0.277. The number of rotatable bonds is 4. The van der Waals surface area contributed by atoms with Crippen LogP contribution in [0.5, 0.6) is 5.75 Å². The maximum Gasteiger partial charge on any atom is 0.261 e. The van der Waals surface area contributed by atoms with Gasteiger partial charge in [-0.25, -0.2) is 9.98 Å². The summed E-state index contributed by atoms with van der Waals surface area (Å²) < 4.78 is 7.23. The molecule has 1 unspecified atom stereocenters. The fraction of sp³-hybridized carbons (Fsp3) is 0.483. The second kappa shape index (κ2) is 13.5. The van der Waals surface area contributed by atoms with Gasteiger partial charge in [-0.2, -0.15) is 0 Å². The molecule has 5 rings (SSSR count). The number of halogens is 2. The van der Waals surface area contributed by atoms with Crippen molar-refractivity contribution in [1.82, 2.24) is 19.8 Å². The number of guanidine groups is 1.